The zero-order valence-electron chi connectivity index (χ0n) is 56.1. The molecule has 6 heterocycles. The van der Waals surface area contributed by atoms with Crippen LogP contribution in [0.4, 0.5) is 14.4 Å². The number of nitrogens with zero attached hydrogens (tertiary/aromatic N) is 9. The molecule has 0 unspecified atom stereocenters. The Hall–Kier alpha value is -5.26. The van der Waals surface area contributed by atoms with Crippen LogP contribution in [0.25, 0.3) is 30.6 Å². The van der Waals surface area contributed by atoms with Gasteiger partial charge in [0.2, 0.25) is 11.8 Å². The van der Waals surface area contributed by atoms with E-state index in [1.165, 1.54) is 57.0 Å². The summed E-state index contributed by atoms with van der Waals surface area (Å²) >= 11 is 11.4. The minimum Gasteiger partial charge on any atom is -0.474 e. The van der Waals surface area contributed by atoms with Crippen molar-refractivity contribution < 1.29 is 48.3 Å². The highest BCUT2D eigenvalue weighted by molar-refractivity contribution is 7.19. The van der Waals surface area contributed by atoms with E-state index in [1.54, 1.807) is 74.7 Å². The first-order valence-electron chi connectivity index (χ1n) is 33.1. The van der Waals surface area contributed by atoms with Crippen molar-refractivity contribution in [2.75, 3.05) is 27.7 Å². The highest BCUT2D eigenvalue weighted by atomic mass is 35.5. The average molecular weight is 1370 g/mol. The molecule has 93 heavy (non-hydrogen) atoms. The molecule has 3 amide bonds. The number of carbonyl (C=O) groups excluding carboxylic acids is 3. The lowest BCUT2D eigenvalue weighted by molar-refractivity contribution is 0.0118. The van der Waals surface area contributed by atoms with Crippen molar-refractivity contribution >= 4 is 94.5 Å². The van der Waals surface area contributed by atoms with Gasteiger partial charge in [-0.3, -0.25) is 0 Å². The molecule has 0 spiro atoms. The molecule has 2 N–H and O–H groups in total. The molecule has 0 aromatic carbocycles. The van der Waals surface area contributed by atoms with E-state index < -0.39 is 16.8 Å². The van der Waals surface area contributed by atoms with E-state index in [0.717, 1.165) is 139 Å². The monoisotopic (exact) mass is 1360 g/mol. The lowest BCUT2D eigenvalue weighted by atomic mass is 9.92. The molecule has 6 aromatic heterocycles. The Morgan fingerprint density at radius 2 is 0.796 bits per heavy atom. The highest BCUT2D eigenvalue weighted by Crippen LogP contribution is 2.49. The molecule has 6 aliphatic rings. The molecule has 23 heteroatoms. The molecular formula is C70H106ClN9O10S3. The third kappa shape index (κ3) is 18.7. The van der Waals surface area contributed by atoms with Gasteiger partial charge in [0.1, 0.15) is 67.6 Å². The number of hydrogen-bond donors (Lipinski definition) is 2. The van der Waals surface area contributed by atoms with Gasteiger partial charge in [-0.2, -0.15) is 0 Å². The van der Waals surface area contributed by atoms with E-state index in [2.05, 4.69) is 43.8 Å². The molecular weight excluding hydrogens is 1260 g/mol. The number of thiophene rings is 3. The molecule has 3 fully saturated rings. The van der Waals surface area contributed by atoms with Crippen LogP contribution in [-0.2, 0) is 33.5 Å². The first kappa shape index (κ1) is 75.1. The summed E-state index contributed by atoms with van der Waals surface area (Å²) in [5, 5.41) is 23.1. The molecule has 0 aliphatic heterocycles. The van der Waals surface area contributed by atoms with E-state index in [-0.39, 0.29) is 82.1 Å². The fourth-order valence-electron chi connectivity index (χ4n) is 13.6. The molecule has 12 rings (SSSR count). The average Bonchev–Trinajstić information content (AvgIpc) is 1.63. The van der Waals surface area contributed by atoms with Gasteiger partial charge in [-0.15, -0.1) is 34.0 Å². The summed E-state index contributed by atoms with van der Waals surface area (Å²) in [5.41, 5.74) is 2.65. The molecule has 19 nitrogen and oxygen atoms in total. The van der Waals surface area contributed by atoms with Gasteiger partial charge < -0.3 is 48.6 Å². The van der Waals surface area contributed by atoms with Crippen LogP contribution in [0.2, 0.25) is 5.15 Å². The maximum absolute atomic E-state index is 12.4. The predicted octanol–water partition coefficient (Wildman–Crippen LogP) is 17.2. The Balaban J connectivity index is 0.000000182. The zero-order chi connectivity index (χ0) is 65.7. The van der Waals surface area contributed by atoms with Gasteiger partial charge in [-0.25, -0.2) is 44.3 Å². The fourth-order valence-corrected chi connectivity index (χ4v) is 17.6. The third-order valence-corrected chi connectivity index (χ3v) is 22.3. The van der Waals surface area contributed by atoms with Crippen molar-refractivity contribution in [3.63, 3.8) is 0 Å². The van der Waals surface area contributed by atoms with E-state index in [9.17, 15) is 24.6 Å². The number of hydrogen-bond acceptors (Lipinski definition) is 19. The number of aliphatic hydroxyl groups excluding tert-OH is 2. The SMILES string of the molecule is C.C.CC[C@H]1CCc2sc3ncnc(Cl)c3c21.CC[C@H]1CCc2sc3ncnc(OC4CCC(N(C)C(=O)OC(C)(C)C)CC4)c3c21.CN(C(=O)OC(C)(C)C)C1CCC(O)CC1.CN(C(=O)OC(C)(C)C)C1CCC(Oc2ncnc3sc4c(c23)[C@@H](CO)CC4)CC1. The van der Waals surface area contributed by atoms with Crippen molar-refractivity contribution in [1.82, 2.24) is 44.6 Å². The van der Waals surface area contributed by atoms with E-state index in [4.69, 9.17) is 35.3 Å². The molecule has 0 radical (unpaired) electrons. The van der Waals surface area contributed by atoms with E-state index in [0.29, 0.717) is 22.9 Å². The standard InChI is InChI=1S/C23H33N3O3S.C22H31N3O4S.C12H23NO3.C11H11ClN2S.2CH4/c1-6-14-7-12-17-18(14)19-20(24-13-25-21(19)30-17)28-16-10-8-15(9-11-16)26(5)22(27)29-23(2,3)4;1-22(2,3)29-21(27)25(4)14-6-8-15(9-7-14)28-19-18-17-13(11-26)5-10-16(17)30-20(18)24-12-23-19;1-12(2,3)16-11(15)13(4)9-5-7-10(14)8-6-9;1-2-6-3-4-7-8(6)9-10(12)13-5-14-11(9)15-7;;/h13-16H,6-12H2,1-5H3;12-15,26H,5-11H2,1-4H3;9-10,14H,5-8H2,1-4H3;5-6H,2-4H2,1H3;2*1H4/t14-,15?,16?;13-,14?,15?;;6-;;/m01.0../s1. The summed E-state index contributed by atoms with van der Waals surface area (Å²) in [6, 6.07) is 0.563. The van der Waals surface area contributed by atoms with Crippen LogP contribution >= 0.6 is 45.6 Å². The van der Waals surface area contributed by atoms with Crippen molar-refractivity contribution in [2.24, 2.45) is 0 Å². The number of aryl methyl sites for hydroxylation is 3. The second kappa shape index (κ2) is 32.2. The van der Waals surface area contributed by atoms with Crippen LogP contribution in [0.3, 0.4) is 0 Å². The molecule has 3 saturated carbocycles. The lowest BCUT2D eigenvalue weighted by Crippen LogP contribution is -2.43. The summed E-state index contributed by atoms with van der Waals surface area (Å²) in [5.74, 6) is 2.81. The molecule has 0 saturated heterocycles. The first-order valence-corrected chi connectivity index (χ1v) is 35.9. The van der Waals surface area contributed by atoms with Gasteiger partial charge in [0.15, 0.2) is 0 Å². The van der Waals surface area contributed by atoms with Gasteiger partial charge in [-0.1, -0.05) is 40.3 Å². The van der Waals surface area contributed by atoms with Crippen molar-refractivity contribution in [3.05, 3.63) is 55.5 Å². The zero-order valence-corrected chi connectivity index (χ0v) is 59.3. The Labute approximate surface area is 569 Å². The van der Waals surface area contributed by atoms with Crippen LogP contribution in [-0.4, -0.2) is 154 Å². The molecule has 516 valence electrons. The van der Waals surface area contributed by atoms with Gasteiger partial charge in [0.25, 0.3) is 0 Å². The Morgan fingerprint density at radius 3 is 1.14 bits per heavy atom. The largest absolute Gasteiger partial charge is 0.474 e. The van der Waals surface area contributed by atoms with E-state index in [1.807, 2.05) is 76.4 Å². The van der Waals surface area contributed by atoms with Crippen molar-refractivity contribution in [3.8, 4) is 11.8 Å². The minimum atomic E-state index is -0.489. The van der Waals surface area contributed by atoms with Crippen LogP contribution in [0.15, 0.2) is 19.0 Å². The second-order valence-electron chi connectivity index (χ2n) is 28.4. The quantitative estimate of drug-likeness (QED) is 0.0960. The van der Waals surface area contributed by atoms with Gasteiger partial charge in [0, 0.05) is 59.8 Å². The third-order valence-electron chi connectivity index (χ3n) is 18.5. The number of rotatable bonds is 10. The van der Waals surface area contributed by atoms with Crippen molar-refractivity contribution in [1.29, 1.82) is 0 Å². The number of halogens is 1. The van der Waals surface area contributed by atoms with E-state index >= 15 is 0 Å². The molecule has 3 atom stereocenters. The molecule has 6 aromatic rings. The molecule has 6 aliphatic carbocycles. The Bertz CT molecular complexity index is 3290. The fraction of sp³-hybridized carbons (Fsp3) is 0.700. The van der Waals surface area contributed by atoms with Crippen LogP contribution in [0, 0.1) is 0 Å². The van der Waals surface area contributed by atoms with Gasteiger partial charge in [-0.05, 0) is 219 Å². The number of aromatic nitrogens is 6. The van der Waals surface area contributed by atoms with Crippen molar-refractivity contribution in [2.45, 2.75) is 290 Å². The van der Waals surface area contributed by atoms with Crippen LogP contribution < -0.4 is 9.47 Å². The molecule has 0 bridgehead atoms. The summed E-state index contributed by atoms with van der Waals surface area (Å²) in [6.07, 6.45) is 23.5. The first-order chi connectivity index (χ1) is 43.1. The number of aliphatic hydroxyl groups is 2. The number of amides is 3. The Kier molecular flexibility index (Phi) is 26.0. The maximum Gasteiger partial charge on any atom is 0.410 e. The maximum atomic E-state index is 12.4. The summed E-state index contributed by atoms with van der Waals surface area (Å²) < 4.78 is 29.1. The van der Waals surface area contributed by atoms with Gasteiger partial charge >= 0.3 is 18.3 Å². The second-order valence-corrected chi connectivity index (χ2v) is 32.0. The summed E-state index contributed by atoms with van der Waals surface area (Å²) in [7, 11) is 5.43. The topological polar surface area (TPSA) is 225 Å². The van der Waals surface area contributed by atoms with Gasteiger partial charge in [0.05, 0.1) is 28.9 Å². The lowest BCUT2D eigenvalue weighted by Gasteiger charge is -2.35. The smallest absolute Gasteiger partial charge is 0.410 e. The number of carbonyl (C=O) groups is 3. The normalized spacial score (nSPS) is 23.2. The predicted molar refractivity (Wildman–Crippen MR) is 375 cm³/mol. The van der Waals surface area contributed by atoms with Crippen LogP contribution in [0.1, 0.15) is 249 Å². The van der Waals surface area contributed by atoms with Crippen LogP contribution in [0.5, 0.6) is 11.8 Å². The minimum absolute atomic E-state index is 0. The number of ether oxygens (including phenoxy) is 5. The number of fused-ring (bicyclic) bond motifs is 9. The summed E-state index contributed by atoms with van der Waals surface area (Å²) in [4.78, 5) is 75.3. The highest BCUT2D eigenvalue weighted by Gasteiger charge is 2.37. The Morgan fingerprint density at radius 1 is 0.484 bits per heavy atom. The summed E-state index contributed by atoms with van der Waals surface area (Å²) in [6.45, 7) is 21.6.